The van der Waals surface area contributed by atoms with Gasteiger partial charge in [0.2, 0.25) is 0 Å². The summed E-state index contributed by atoms with van der Waals surface area (Å²) in [5, 5.41) is 21.0. The van der Waals surface area contributed by atoms with Crippen LogP contribution in [0.25, 0.3) is 0 Å². The molecule has 0 aliphatic rings. The van der Waals surface area contributed by atoms with Gasteiger partial charge in [0.05, 0.1) is 37.5 Å². The van der Waals surface area contributed by atoms with Crippen LogP contribution in [0.4, 0.5) is 11.4 Å². The number of nitrogens with one attached hydrogen (secondary N) is 2. The Balaban J connectivity index is 2.17. The average Bonchev–Trinajstić information content (AvgIpc) is 2.66. The molecule has 0 aromatic heterocycles. The van der Waals surface area contributed by atoms with Crippen molar-refractivity contribution >= 4 is 21.4 Å². The van der Waals surface area contributed by atoms with Crippen molar-refractivity contribution in [3.8, 4) is 11.5 Å². The van der Waals surface area contributed by atoms with Gasteiger partial charge in [0, 0.05) is 18.3 Å². The fourth-order valence-corrected chi connectivity index (χ4v) is 3.21. The van der Waals surface area contributed by atoms with Gasteiger partial charge in [-0.05, 0) is 36.4 Å². The van der Waals surface area contributed by atoms with Crippen molar-refractivity contribution in [2.45, 2.75) is 11.0 Å². The maximum absolute atomic E-state index is 12.6. The Labute approximate surface area is 152 Å². The molecule has 0 saturated heterocycles. The van der Waals surface area contributed by atoms with Crippen LogP contribution < -0.4 is 19.5 Å². The van der Waals surface area contributed by atoms with E-state index < -0.39 is 16.1 Å². The normalized spacial score (nSPS) is 12.3. The number of methoxy groups -OCH3 is 2. The molecule has 0 fully saturated rings. The molecule has 9 heteroatoms. The van der Waals surface area contributed by atoms with Crippen molar-refractivity contribution in [3.05, 3.63) is 42.5 Å². The lowest BCUT2D eigenvalue weighted by atomic mass is 10.3. The zero-order valence-electron chi connectivity index (χ0n) is 14.5. The lowest BCUT2D eigenvalue weighted by molar-refractivity contribution is 0.105. The third kappa shape index (κ3) is 5.01. The standard InChI is InChI=1S/C17H22N2O6S/c1-24-14-5-8-17(25-2)16(9-14)19-26(22,23)15-6-3-12(4-7-15)18-10-13(21)11-20/h3-9,13,18-21H,10-11H2,1-2H3. The quantitative estimate of drug-likeness (QED) is 0.516. The molecule has 0 heterocycles. The molecular weight excluding hydrogens is 360 g/mol. The molecule has 0 radical (unpaired) electrons. The number of aliphatic hydroxyl groups excluding tert-OH is 2. The molecule has 0 aliphatic heterocycles. The molecule has 1 atom stereocenters. The van der Waals surface area contributed by atoms with Crippen LogP contribution in [0, 0.1) is 0 Å². The van der Waals surface area contributed by atoms with E-state index in [2.05, 4.69) is 10.0 Å². The molecule has 4 N–H and O–H groups in total. The Hall–Kier alpha value is -2.49. The molecule has 2 rings (SSSR count). The zero-order chi connectivity index (χ0) is 19.2. The summed E-state index contributed by atoms with van der Waals surface area (Å²) in [7, 11) is -0.895. The highest BCUT2D eigenvalue weighted by Gasteiger charge is 2.17. The van der Waals surface area contributed by atoms with Gasteiger partial charge in [0.25, 0.3) is 10.0 Å². The van der Waals surface area contributed by atoms with Crippen LogP contribution in [0.2, 0.25) is 0 Å². The highest BCUT2D eigenvalue weighted by molar-refractivity contribution is 7.92. The first-order valence-electron chi connectivity index (χ1n) is 7.77. The highest BCUT2D eigenvalue weighted by Crippen LogP contribution is 2.31. The first-order chi connectivity index (χ1) is 12.4. The van der Waals surface area contributed by atoms with Gasteiger partial charge in [-0.15, -0.1) is 0 Å². The van der Waals surface area contributed by atoms with E-state index in [9.17, 15) is 13.5 Å². The molecule has 8 nitrogen and oxygen atoms in total. The second-order valence-electron chi connectivity index (χ2n) is 5.41. The van der Waals surface area contributed by atoms with Gasteiger partial charge in [-0.2, -0.15) is 0 Å². The number of hydrogen-bond donors (Lipinski definition) is 4. The van der Waals surface area contributed by atoms with Gasteiger partial charge in [-0.3, -0.25) is 4.72 Å². The molecule has 142 valence electrons. The molecule has 0 aliphatic carbocycles. The van der Waals surface area contributed by atoms with E-state index in [-0.39, 0.29) is 23.7 Å². The fourth-order valence-electron chi connectivity index (χ4n) is 2.15. The topological polar surface area (TPSA) is 117 Å². The molecule has 0 spiro atoms. The molecule has 26 heavy (non-hydrogen) atoms. The number of sulfonamides is 1. The summed E-state index contributed by atoms with van der Waals surface area (Å²) in [6, 6.07) is 10.8. The monoisotopic (exact) mass is 382 g/mol. The van der Waals surface area contributed by atoms with Crippen molar-refractivity contribution in [2.75, 3.05) is 37.4 Å². The van der Waals surface area contributed by atoms with E-state index >= 15 is 0 Å². The predicted molar refractivity (Wildman–Crippen MR) is 98.4 cm³/mol. The molecule has 0 bridgehead atoms. The summed E-state index contributed by atoms with van der Waals surface area (Å²) in [6.45, 7) is -0.201. The van der Waals surface area contributed by atoms with Gasteiger partial charge in [0.15, 0.2) is 0 Å². The van der Waals surface area contributed by atoms with Crippen LogP contribution in [0.3, 0.4) is 0 Å². The number of rotatable bonds is 9. The van der Waals surface area contributed by atoms with Crippen LogP contribution in [0.1, 0.15) is 0 Å². The Kier molecular flexibility index (Phi) is 6.67. The van der Waals surface area contributed by atoms with Crippen molar-refractivity contribution in [1.29, 1.82) is 0 Å². The maximum atomic E-state index is 12.6. The minimum atomic E-state index is -3.83. The number of anilines is 2. The SMILES string of the molecule is COc1ccc(OC)c(NS(=O)(=O)c2ccc(NCC(O)CO)cc2)c1. The molecule has 2 aromatic carbocycles. The van der Waals surface area contributed by atoms with Crippen LogP contribution in [-0.4, -0.2) is 52.1 Å². The van der Waals surface area contributed by atoms with Crippen LogP contribution in [0.15, 0.2) is 47.4 Å². The van der Waals surface area contributed by atoms with Gasteiger partial charge in [0.1, 0.15) is 11.5 Å². The van der Waals surface area contributed by atoms with Gasteiger partial charge >= 0.3 is 0 Å². The highest BCUT2D eigenvalue weighted by atomic mass is 32.2. The summed E-state index contributed by atoms with van der Waals surface area (Å²) in [5.74, 6) is 0.858. The van der Waals surface area contributed by atoms with Crippen molar-refractivity contribution < 1.29 is 28.1 Å². The smallest absolute Gasteiger partial charge is 0.262 e. The second kappa shape index (κ2) is 8.75. The average molecular weight is 382 g/mol. The van der Waals surface area contributed by atoms with Crippen LogP contribution in [-0.2, 0) is 10.0 Å². The van der Waals surface area contributed by atoms with Gasteiger partial charge in [-0.1, -0.05) is 0 Å². The van der Waals surface area contributed by atoms with Gasteiger partial charge < -0.3 is 25.0 Å². The lowest BCUT2D eigenvalue weighted by Crippen LogP contribution is -2.22. The summed E-state index contributed by atoms with van der Waals surface area (Å²) < 4.78 is 37.9. The summed E-state index contributed by atoms with van der Waals surface area (Å²) in [6.07, 6.45) is -0.888. The van der Waals surface area contributed by atoms with Crippen molar-refractivity contribution in [2.24, 2.45) is 0 Å². The minimum absolute atomic E-state index is 0.0654. The molecule has 0 saturated carbocycles. The van der Waals surface area contributed by atoms with Crippen molar-refractivity contribution in [1.82, 2.24) is 0 Å². The molecule has 1 unspecified atom stereocenters. The Morgan fingerprint density at radius 2 is 1.77 bits per heavy atom. The van der Waals surface area contributed by atoms with E-state index in [0.717, 1.165) is 0 Å². The minimum Gasteiger partial charge on any atom is -0.497 e. The fraction of sp³-hybridized carbons (Fsp3) is 0.294. The van der Waals surface area contributed by atoms with E-state index in [1.165, 1.54) is 32.4 Å². The van der Waals surface area contributed by atoms with E-state index in [1.54, 1.807) is 24.3 Å². The Morgan fingerprint density at radius 3 is 2.35 bits per heavy atom. The molecular formula is C17H22N2O6S. The predicted octanol–water partition coefficient (Wildman–Crippen LogP) is 1.27. The second-order valence-corrected chi connectivity index (χ2v) is 7.10. The van der Waals surface area contributed by atoms with E-state index in [4.69, 9.17) is 14.6 Å². The van der Waals surface area contributed by atoms with Crippen LogP contribution in [0.5, 0.6) is 11.5 Å². The number of benzene rings is 2. The third-order valence-electron chi connectivity index (χ3n) is 3.57. The lowest BCUT2D eigenvalue weighted by Gasteiger charge is -2.14. The van der Waals surface area contributed by atoms with Crippen LogP contribution >= 0.6 is 0 Å². The zero-order valence-corrected chi connectivity index (χ0v) is 15.3. The number of aliphatic hydroxyl groups is 2. The summed E-state index contributed by atoms with van der Waals surface area (Å²) in [5.41, 5.74) is 0.885. The number of hydrogen-bond acceptors (Lipinski definition) is 7. The summed E-state index contributed by atoms with van der Waals surface area (Å²) >= 11 is 0. The number of ether oxygens (including phenoxy) is 2. The van der Waals surface area contributed by atoms with E-state index in [0.29, 0.717) is 17.2 Å². The summed E-state index contributed by atoms with van der Waals surface area (Å²) in [4.78, 5) is 0.0654. The van der Waals surface area contributed by atoms with Crippen molar-refractivity contribution in [3.63, 3.8) is 0 Å². The van der Waals surface area contributed by atoms with E-state index in [1.807, 2.05) is 0 Å². The molecule has 0 amide bonds. The first kappa shape index (κ1) is 19.8. The Bertz CT molecular complexity index is 824. The largest absolute Gasteiger partial charge is 0.497 e. The Morgan fingerprint density at radius 1 is 1.08 bits per heavy atom. The van der Waals surface area contributed by atoms with Gasteiger partial charge in [-0.25, -0.2) is 8.42 Å². The maximum Gasteiger partial charge on any atom is 0.262 e. The molecule has 2 aromatic rings. The third-order valence-corrected chi connectivity index (χ3v) is 4.95. The first-order valence-corrected chi connectivity index (χ1v) is 9.25.